The van der Waals surface area contributed by atoms with Crippen LogP contribution in [0.25, 0.3) is 0 Å². The Hall–Kier alpha value is -3.36. The quantitative estimate of drug-likeness (QED) is 0.541. The molecular weight excluding hydrogens is 428 g/mol. The molecule has 1 aromatic carbocycles. The Morgan fingerprint density at radius 3 is 1.94 bits per heavy atom. The number of allylic oxidation sites excluding steroid dienone is 2. The molecule has 33 heavy (non-hydrogen) atoms. The number of benzene rings is 1. The van der Waals surface area contributed by atoms with Crippen molar-refractivity contribution >= 4 is 23.6 Å². The van der Waals surface area contributed by atoms with Gasteiger partial charge in [0.25, 0.3) is 0 Å². The number of methoxy groups -OCH3 is 2. The summed E-state index contributed by atoms with van der Waals surface area (Å²) in [5, 5.41) is 10.4. The van der Waals surface area contributed by atoms with Crippen LogP contribution in [0.2, 0.25) is 0 Å². The zero-order valence-electron chi connectivity index (χ0n) is 18.9. The van der Waals surface area contributed by atoms with Crippen LogP contribution in [-0.4, -0.2) is 66.9 Å². The van der Waals surface area contributed by atoms with E-state index < -0.39 is 29.6 Å². The van der Waals surface area contributed by atoms with Crippen LogP contribution in [0.1, 0.15) is 24.3 Å². The number of hydrogen-bond acceptors (Lipinski definition) is 7. The predicted molar refractivity (Wildman–Crippen MR) is 114 cm³/mol. The maximum Gasteiger partial charge on any atom is 0.233 e. The number of phenols is 1. The molecule has 0 aromatic heterocycles. The third kappa shape index (κ3) is 2.77. The minimum atomic E-state index is -0.634. The zero-order chi connectivity index (χ0) is 23.8. The van der Waals surface area contributed by atoms with Crippen LogP contribution in [0.5, 0.6) is 17.2 Å². The summed E-state index contributed by atoms with van der Waals surface area (Å²) in [7, 11) is 5.83. The predicted octanol–water partition coefficient (Wildman–Crippen LogP) is 1.30. The number of phenolic OH excluding ortho intramolecular Hbond substituents is 1. The second kappa shape index (κ2) is 7.33. The molecule has 2 aliphatic carbocycles. The van der Waals surface area contributed by atoms with Crippen LogP contribution >= 0.6 is 0 Å². The van der Waals surface area contributed by atoms with Gasteiger partial charge in [0.05, 0.1) is 37.9 Å². The van der Waals surface area contributed by atoms with Crippen molar-refractivity contribution in [3.8, 4) is 17.2 Å². The van der Waals surface area contributed by atoms with Crippen molar-refractivity contribution in [2.45, 2.75) is 18.8 Å². The first-order valence-corrected chi connectivity index (χ1v) is 11.0. The molecule has 4 aliphatic rings. The molecule has 9 nitrogen and oxygen atoms in total. The lowest BCUT2D eigenvalue weighted by atomic mass is 9.57. The van der Waals surface area contributed by atoms with Crippen molar-refractivity contribution < 1.29 is 33.8 Å². The first-order valence-electron chi connectivity index (χ1n) is 11.0. The summed E-state index contributed by atoms with van der Waals surface area (Å²) in [6, 6.07) is 3.30. The number of likely N-dealkylation sites (tertiary alicyclic amines) is 2. The van der Waals surface area contributed by atoms with E-state index in [2.05, 4.69) is 0 Å². The van der Waals surface area contributed by atoms with Gasteiger partial charge in [0.15, 0.2) is 11.5 Å². The molecule has 3 fully saturated rings. The molecule has 4 amide bonds. The second-order valence-electron chi connectivity index (χ2n) is 9.27. The Morgan fingerprint density at radius 1 is 0.818 bits per heavy atom. The number of amides is 4. The summed E-state index contributed by atoms with van der Waals surface area (Å²) in [5.41, 5.74) is 1.55. The number of hydrogen-bond donors (Lipinski definition) is 1. The van der Waals surface area contributed by atoms with Gasteiger partial charge >= 0.3 is 0 Å². The summed E-state index contributed by atoms with van der Waals surface area (Å²) in [5.74, 6) is -3.78. The molecule has 5 rings (SSSR count). The third-order valence-corrected chi connectivity index (χ3v) is 7.95. The molecule has 6 atom stereocenters. The van der Waals surface area contributed by atoms with E-state index in [1.165, 1.54) is 38.1 Å². The summed E-state index contributed by atoms with van der Waals surface area (Å²) in [6.07, 6.45) is 2.73. The molecule has 174 valence electrons. The highest BCUT2D eigenvalue weighted by Gasteiger charge is 2.61. The lowest BCUT2D eigenvalue weighted by Crippen LogP contribution is -2.42. The Labute approximate surface area is 190 Å². The van der Waals surface area contributed by atoms with E-state index in [9.17, 15) is 24.3 Å². The third-order valence-electron chi connectivity index (χ3n) is 7.95. The SMILES string of the molecule is COc1cc([C@H]2C3=CC[C@@H]4C(=O)N(C)C(=O)[C@@H]4[C@@H]3C[C@H]3C(=O)N(C)C(=O)[C@@H]23)cc(OC)c1O. The van der Waals surface area contributed by atoms with Gasteiger partial charge in [-0.05, 0) is 36.5 Å². The lowest BCUT2D eigenvalue weighted by molar-refractivity contribution is -0.140. The van der Waals surface area contributed by atoms with E-state index >= 15 is 0 Å². The van der Waals surface area contributed by atoms with Crippen LogP contribution in [0.3, 0.4) is 0 Å². The first kappa shape index (κ1) is 21.5. The lowest BCUT2D eigenvalue weighted by Gasteiger charge is -2.44. The molecule has 0 bridgehead atoms. The minimum Gasteiger partial charge on any atom is -0.502 e. The van der Waals surface area contributed by atoms with Crippen molar-refractivity contribution in [3.05, 3.63) is 29.3 Å². The minimum absolute atomic E-state index is 0.158. The topological polar surface area (TPSA) is 113 Å². The normalized spacial score (nSPS) is 33.0. The molecule has 2 aliphatic heterocycles. The molecular formula is C24H26N2O7. The fourth-order valence-electron chi connectivity index (χ4n) is 6.37. The molecule has 9 heteroatoms. The highest BCUT2D eigenvalue weighted by atomic mass is 16.5. The van der Waals surface area contributed by atoms with Crippen LogP contribution in [0.4, 0.5) is 0 Å². The van der Waals surface area contributed by atoms with Gasteiger partial charge in [-0.15, -0.1) is 0 Å². The number of fused-ring (bicyclic) bond motifs is 4. The highest BCUT2D eigenvalue weighted by molar-refractivity contribution is 6.07. The fourth-order valence-corrected chi connectivity index (χ4v) is 6.37. The molecule has 0 unspecified atom stereocenters. The number of imide groups is 2. The summed E-state index contributed by atoms with van der Waals surface area (Å²) < 4.78 is 10.7. The average Bonchev–Trinajstić information content (AvgIpc) is 3.17. The van der Waals surface area contributed by atoms with E-state index in [1.54, 1.807) is 12.1 Å². The van der Waals surface area contributed by atoms with E-state index in [0.717, 1.165) is 5.57 Å². The van der Waals surface area contributed by atoms with Gasteiger partial charge in [0, 0.05) is 20.0 Å². The van der Waals surface area contributed by atoms with Crippen LogP contribution in [0.15, 0.2) is 23.8 Å². The molecule has 2 heterocycles. The van der Waals surface area contributed by atoms with E-state index in [-0.39, 0.29) is 46.8 Å². The van der Waals surface area contributed by atoms with E-state index in [1.807, 2.05) is 6.08 Å². The van der Waals surface area contributed by atoms with Crippen molar-refractivity contribution in [2.75, 3.05) is 28.3 Å². The van der Waals surface area contributed by atoms with Crippen molar-refractivity contribution in [1.29, 1.82) is 0 Å². The Kier molecular flexibility index (Phi) is 4.77. The number of carbonyl (C=O) groups is 4. The van der Waals surface area contributed by atoms with Gasteiger partial charge < -0.3 is 14.6 Å². The molecule has 1 aromatic rings. The van der Waals surface area contributed by atoms with E-state index in [0.29, 0.717) is 18.4 Å². The van der Waals surface area contributed by atoms with Gasteiger partial charge in [-0.25, -0.2) is 0 Å². The Balaban J connectivity index is 1.69. The van der Waals surface area contributed by atoms with E-state index in [4.69, 9.17) is 9.47 Å². The molecule has 0 spiro atoms. The van der Waals surface area contributed by atoms with Gasteiger partial charge in [0.2, 0.25) is 29.4 Å². The Bertz CT molecular complexity index is 1100. The van der Waals surface area contributed by atoms with Gasteiger partial charge in [0.1, 0.15) is 0 Å². The van der Waals surface area contributed by atoms with Crippen molar-refractivity contribution in [2.24, 2.45) is 29.6 Å². The van der Waals surface area contributed by atoms with Crippen LogP contribution in [-0.2, 0) is 19.2 Å². The Morgan fingerprint density at radius 2 is 1.36 bits per heavy atom. The number of rotatable bonds is 3. The highest BCUT2D eigenvalue weighted by Crippen LogP contribution is 2.58. The standard InChI is InChI=1S/C24H26N2O7/c1-25-21(28)12-6-5-11-13(18(12)23(25)30)9-14-19(24(31)26(2)22(14)29)17(11)10-7-15(32-3)20(27)16(8-10)33-4/h5,7-8,12-14,17-19,27H,6,9H2,1-4H3/t12-,13+,14+,17-,18-,19+/m0/s1. The monoisotopic (exact) mass is 454 g/mol. The summed E-state index contributed by atoms with van der Waals surface area (Å²) in [4.78, 5) is 54.3. The summed E-state index contributed by atoms with van der Waals surface area (Å²) >= 11 is 0. The van der Waals surface area contributed by atoms with Crippen molar-refractivity contribution in [1.82, 2.24) is 9.80 Å². The molecule has 2 saturated heterocycles. The maximum atomic E-state index is 13.2. The first-order chi connectivity index (χ1) is 15.7. The van der Waals surface area contributed by atoms with Crippen LogP contribution in [0, 0.1) is 29.6 Å². The molecule has 0 radical (unpaired) electrons. The zero-order valence-corrected chi connectivity index (χ0v) is 18.9. The number of aromatic hydroxyl groups is 1. The number of nitrogens with zero attached hydrogens (tertiary/aromatic N) is 2. The number of carbonyl (C=O) groups excluding carboxylic acids is 4. The smallest absolute Gasteiger partial charge is 0.233 e. The maximum absolute atomic E-state index is 13.2. The fraction of sp³-hybridized carbons (Fsp3) is 0.500. The van der Waals surface area contributed by atoms with Gasteiger partial charge in [-0.3, -0.25) is 29.0 Å². The molecule has 1 saturated carbocycles. The molecule has 1 N–H and O–H groups in total. The van der Waals surface area contributed by atoms with Crippen LogP contribution < -0.4 is 9.47 Å². The largest absolute Gasteiger partial charge is 0.502 e. The van der Waals surface area contributed by atoms with Gasteiger partial charge in [-0.2, -0.15) is 0 Å². The average molecular weight is 454 g/mol. The summed E-state index contributed by atoms with van der Waals surface area (Å²) in [6.45, 7) is 0. The number of ether oxygens (including phenoxy) is 2. The van der Waals surface area contributed by atoms with Gasteiger partial charge in [-0.1, -0.05) is 11.6 Å². The second-order valence-corrected chi connectivity index (χ2v) is 9.27. The van der Waals surface area contributed by atoms with Crippen molar-refractivity contribution in [3.63, 3.8) is 0 Å².